The molecule has 0 aliphatic carbocycles. The highest BCUT2D eigenvalue weighted by molar-refractivity contribution is 5.79. The van der Waals surface area contributed by atoms with Crippen LogP contribution in [0, 0.1) is 17.0 Å². The predicted octanol–water partition coefficient (Wildman–Crippen LogP) is 1.42. The molecule has 0 saturated carbocycles. The fraction of sp³-hybridized carbons (Fsp3) is 0.562. The second-order valence-electron chi connectivity index (χ2n) is 5.79. The van der Waals surface area contributed by atoms with E-state index in [4.69, 9.17) is 4.74 Å². The van der Waals surface area contributed by atoms with Gasteiger partial charge >= 0.3 is 0 Å². The van der Waals surface area contributed by atoms with Crippen molar-refractivity contribution < 1.29 is 18.6 Å². The minimum Gasteiger partial charge on any atom is -0.396 e. The molecule has 1 aliphatic heterocycles. The number of rotatable bonds is 6. The molecule has 1 fully saturated rings. The summed E-state index contributed by atoms with van der Waals surface area (Å²) in [5.74, 6) is -0.440. The Hall–Kier alpha value is -1.73. The van der Waals surface area contributed by atoms with Gasteiger partial charge in [0, 0.05) is 44.3 Å². The maximum Gasteiger partial charge on any atom is 0.191 e. The first-order valence-corrected chi connectivity index (χ1v) is 7.66. The third-order valence-corrected chi connectivity index (χ3v) is 4.14. The summed E-state index contributed by atoms with van der Waals surface area (Å²) in [4.78, 5) is 4.08. The predicted molar refractivity (Wildman–Crippen MR) is 84.1 cm³/mol. The number of hydrogen-bond donors (Lipinski definition) is 3. The highest BCUT2D eigenvalue weighted by atomic mass is 19.1. The highest BCUT2D eigenvalue weighted by Gasteiger charge is 2.34. The van der Waals surface area contributed by atoms with E-state index in [1.165, 1.54) is 0 Å². The summed E-state index contributed by atoms with van der Waals surface area (Å²) in [5.41, 5.74) is 0.124. The largest absolute Gasteiger partial charge is 0.396 e. The van der Waals surface area contributed by atoms with Gasteiger partial charge in [-0.1, -0.05) is 0 Å². The van der Waals surface area contributed by atoms with E-state index in [0.29, 0.717) is 32.1 Å². The summed E-state index contributed by atoms with van der Waals surface area (Å²) in [5, 5.41) is 15.4. The van der Waals surface area contributed by atoms with Crippen LogP contribution in [-0.4, -0.2) is 44.5 Å². The van der Waals surface area contributed by atoms with Gasteiger partial charge in [-0.2, -0.15) is 0 Å². The van der Waals surface area contributed by atoms with Crippen LogP contribution in [0.15, 0.2) is 23.2 Å². The van der Waals surface area contributed by atoms with Crippen molar-refractivity contribution in [1.82, 2.24) is 10.6 Å². The van der Waals surface area contributed by atoms with Crippen LogP contribution in [0.5, 0.6) is 0 Å². The first-order chi connectivity index (χ1) is 11.1. The van der Waals surface area contributed by atoms with Gasteiger partial charge in [-0.05, 0) is 31.0 Å². The van der Waals surface area contributed by atoms with Gasteiger partial charge in [0.15, 0.2) is 5.96 Å². The molecule has 0 aromatic heterocycles. The van der Waals surface area contributed by atoms with Gasteiger partial charge in [-0.3, -0.25) is 4.99 Å². The lowest BCUT2D eigenvalue weighted by molar-refractivity contribution is 0.127. The van der Waals surface area contributed by atoms with Crippen molar-refractivity contribution in [2.45, 2.75) is 19.4 Å². The molecule has 7 heteroatoms. The lowest BCUT2D eigenvalue weighted by Crippen LogP contribution is -2.44. The fourth-order valence-corrected chi connectivity index (χ4v) is 2.66. The molecule has 2 rings (SSSR count). The number of aliphatic hydroxyl groups excluding tert-OH is 1. The Morgan fingerprint density at radius 1 is 1.39 bits per heavy atom. The van der Waals surface area contributed by atoms with Crippen molar-refractivity contribution in [2.24, 2.45) is 10.4 Å². The van der Waals surface area contributed by atoms with Crippen LogP contribution in [0.4, 0.5) is 8.78 Å². The van der Waals surface area contributed by atoms with E-state index in [9.17, 15) is 13.9 Å². The van der Waals surface area contributed by atoms with Gasteiger partial charge in [0.05, 0.1) is 6.61 Å². The number of benzene rings is 1. The van der Waals surface area contributed by atoms with Gasteiger partial charge < -0.3 is 20.5 Å². The average molecular weight is 327 g/mol. The number of halogens is 2. The molecule has 0 radical (unpaired) electrons. The molecule has 0 bridgehead atoms. The minimum atomic E-state index is -0.476. The summed E-state index contributed by atoms with van der Waals surface area (Å²) in [7, 11) is 1.61. The molecule has 5 nitrogen and oxygen atoms in total. The number of ether oxygens (including phenoxy) is 1. The molecule has 128 valence electrons. The molecule has 1 unspecified atom stereocenters. The second kappa shape index (κ2) is 8.21. The maximum atomic E-state index is 13.6. The SMILES string of the molecule is CN=C(NCc1cc(F)ccc1F)NCC1(CCO)CCOC1. The van der Waals surface area contributed by atoms with E-state index in [1.807, 2.05) is 0 Å². The Labute approximate surface area is 134 Å². The zero-order valence-electron chi connectivity index (χ0n) is 13.2. The smallest absolute Gasteiger partial charge is 0.191 e. The number of hydrogen-bond acceptors (Lipinski definition) is 3. The molecule has 0 spiro atoms. The molecule has 1 aliphatic rings. The molecule has 1 aromatic rings. The van der Waals surface area contributed by atoms with Crippen LogP contribution in [-0.2, 0) is 11.3 Å². The molecule has 0 amide bonds. The zero-order valence-corrected chi connectivity index (χ0v) is 13.2. The van der Waals surface area contributed by atoms with Crippen LogP contribution >= 0.6 is 0 Å². The molecular formula is C16H23F2N3O2. The first kappa shape index (κ1) is 17.6. The number of aliphatic imine (C=N–C) groups is 1. The van der Waals surface area contributed by atoms with Crippen LogP contribution < -0.4 is 10.6 Å². The third-order valence-electron chi connectivity index (χ3n) is 4.14. The van der Waals surface area contributed by atoms with Gasteiger partial charge in [-0.25, -0.2) is 8.78 Å². The standard InChI is InChI=1S/C16H23F2N3O2/c1-19-15(20-9-12-8-13(17)2-3-14(12)18)21-10-16(4-6-22)5-7-23-11-16/h2-3,8,22H,4-7,9-11H2,1H3,(H2,19,20,21). The fourth-order valence-electron chi connectivity index (χ4n) is 2.66. The summed E-state index contributed by atoms with van der Waals surface area (Å²) in [6.07, 6.45) is 1.52. The molecule has 1 saturated heterocycles. The van der Waals surface area contributed by atoms with Crippen molar-refractivity contribution in [3.8, 4) is 0 Å². The number of aliphatic hydroxyl groups is 1. The zero-order chi connectivity index (χ0) is 16.7. The maximum absolute atomic E-state index is 13.6. The normalized spacial score (nSPS) is 21.5. The van der Waals surface area contributed by atoms with Crippen molar-refractivity contribution in [2.75, 3.05) is 33.4 Å². The van der Waals surface area contributed by atoms with Gasteiger partial charge in [-0.15, -0.1) is 0 Å². The average Bonchev–Trinajstić information content (AvgIpc) is 3.00. The summed E-state index contributed by atoms with van der Waals surface area (Å²) in [6, 6.07) is 3.35. The molecule has 23 heavy (non-hydrogen) atoms. The van der Waals surface area contributed by atoms with Crippen molar-refractivity contribution in [3.05, 3.63) is 35.4 Å². The van der Waals surface area contributed by atoms with Gasteiger partial charge in [0.1, 0.15) is 11.6 Å². The Morgan fingerprint density at radius 3 is 2.87 bits per heavy atom. The van der Waals surface area contributed by atoms with E-state index >= 15 is 0 Å². The van der Waals surface area contributed by atoms with Crippen LogP contribution in [0.25, 0.3) is 0 Å². The van der Waals surface area contributed by atoms with E-state index in [0.717, 1.165) is 24.6 Å². The number of nitrogens with zero attached hydrogens (tertiary/aromatic N) is 1. The van der Waals surface area contributed by atoms with Gasteiger partial charge in [0.2, 0.25) is 0 Å². The number of nitrogens with one attached hydrogen (secondary N) is 2. The lowest BCUT2D eigenvalue weighted by atomic mass is 9.84. The van der Waals surface area contributed by atoms with Crippen molar-refractivity contribution in [3.63, 3.8) is 0 Å². The monoisotopic (exact) mass is 327 g/mol. The quantitative estimate of drug-likeness (QED) is 0.546. The van der Waals surface area contributed by atoms with E-state index in [-0.39, 0.29) is 24.1 Å². The van der Waals surface area contributed by atoms with E-state index in [2.05, 4.69) is 15.6 Å². The molecule has 3 N–H and O–H groups in total. The Kier molecular flexibility index (Phi) is 6.29. The van der Waals surface area contributed by atoms with Crippen LogP contribution in [0.1, 0.15) is 18.4 Å². The minimum absolute atomic E-state index is 0.103. The highest BCUT2D eigenvalue weighted by Crippen LogP contribution is 2.31. The Bertz CT molecular complexity index is 546. The van der Waals surface area contributed by atoms with Crippen LogP contribution in [0.3, 0.4) is 0 Å². The lowest BCUT2D eigenvalue weighted by Gasteiger charge is -2.27. The molecule has 1 aromatic carbocycles. The first-order valence-electron chi connectivity index (χ1n) is 7.66. The summed E-state index contributed by atoms with van der Waals surface area (Å²) >= 11 is 0. The van der Waals surface area contributed by atoms with E-state index < -0.39 is 11.6 Å². The van der Waals surface area contributed by atoms with Crippen LogP contribution in [0.2, 0.25) is 0 Å². The molecular weight excluding hydrogens is 304 g/mol. The molecule has 1 heterocycles. The number of guanidine groups is 1. The van der Waals surface area contributed by atoms with E-state index in [1.54, 1.807) is 7.05 Å². The second-order valence-corrected chi connectivity index (χ2v) is 5.79. The summed E-state index contributed by atoms with van der Waals surface area (Å²) < 4.78 is 32.2. The van der Waals surface area contributed by atoms with Crippen molar-refractivity contribution >= 4 is 5.96 Å². The Balaban J connectivity index is 1.89. The topological polar surface area (TPSA) is 65.9 Å². The summed E-state index contributed by atoms with van der Waals surface area (Å²) in [6.45, 7) is 2.11. The van der Waals surface area contributed by atoms with Crippen molar-refractivity contribution in [1.29, 1.82) is 0 Å². The third kappa shape index (κ3) is 4.87. The van der Waals surface area contributed by atoms with Gasteiger partial charge in [0.25, 0.3) is 0 Å². The molecule has 1 atom stereocenters. The Morgan fingerprint density at radius 2 is 2.22 bits per heavy atom.